The number of anilines is 1. The minimum atomic E-state index is -4.19. The molecule has 0 bridgehead atoms. The number of rotatable bonds is 11. The fourth-order valence-electron chi connectivity index (χ4n) is 3.74. The van der Waals surface area contributed by atoms with Gasteiger partial charge < -0.3 is 10.2 Å². The maximum atomic E-state index is 13.8. The molecule has 0 saturated heterocycles. The molecule has 3 rings (SSSR count). The number of halogens is 2. The molecule has 0 saturated carbocycles. The summed E-state index contributed by atoms with van der Waals surface area (Å²) in [4.78, 5) is 28.2. The van der Waals surface area contributed by atoms with Crippen LogP contribution in [0.2, 0.25) is 0 Å². The molecule has 0 unspecified atom stereocenters. The van der Waals surface area contributed by atoms with Crippen molar-refractivity contribution in [2.45, 2.75) is 50.7 Å². The minimum Gasteiger partial charge on any atom is -0.352 e. The van der Waals surface area contributed by atoms with Crippen LogP contribution in [0.3, 0.4) is 0 Å². The van der Waals surface area contributed by atoms with Crippen molar-refractivity contribution >= 4 is 43.5 Å². The summed E-state index contributed by atoms with van der Waals surface area (Å²) in [5.74, 6) is -1.47. The fraction of sp³-hybridized carbons (Fsp3) is 0.286. The molecule has 2 atom stereocenters. The first-order valence-electron chi connectivity index (χ1n) is 12.2. The third-order valence-corrected chi connectivity index (χ3v) is 8.42. The van der Waals surface area contributed by atoms with E-state index in [1.807, 2.05) is 38.1 Å². The molecule has 0 aliphatic carbocycles. The van der Waals surface area contributed by atoms with Crippen molar-refractivity contribution in [1.29, 1.82) is 0 Å². The van der Waals surface area contributed by atoms with Crippen LogP contribution in [0.5, 0.6) is 0 Å². The highest BCUT2D eigenvalue weighted by atomic mass is 79.9. The quantitative estimate of drug-likeness (QED) is 0.330. The predicted octanol–water partition coefficient (Wildman–Crippen LogP) is 5.12. The topological polar surface area (TPSA) is 86.8 Å². The molecular weight excluding hydrogens is 573 g/mol. The zero-order valence-corrected chi connectivity index (χ0v) is 23.9. The molecule has 0 heterocycles. The van der Waals surface area contributed by atoms with Crippen LogP contribution in [-0.2, 0) is 26.2 Å². The molecule has 3 aromatic carbocycles. The van der Waals surface area contributed by atoms with E-state index in [2.05, 4.69) is 21.2 Å². The van der Waals surface area contributed by atoms with Gasteiger partial charge in [0.05, 0.1) is 10.6 Å². The highest BCUT2D eigenvalue weighted by molar-refractivity contribution is 9.10. The van der Waals surface area contributed by atoms with Crippen LogP contribution < -0.4 is 9.62 Å². The molecule has 1 N–H and O–H groups in total. The summed E-state index contributed by atoms with van der Waals surface area (Å²) in [6.07, 6.45) is 0.714. The number of carbonyl (C=O) groups excluding carboxylic acids is 2. The lowest BCUT2D eigenvalue weighted by Gasteiger charge is -2.32. The first-order valence-corrected chi connectivity index (χ1v) is 14.4. The van der Waals surface area contributed by atoms with Crippen LogP contribution in [0.4, 0.5) is 10.1 Å². The third kappa shape index (κ3) is 7.41. The SMILES string of the molecule is CC[C@H](C)NC(=O)[C@@H](C)N(Cc1cccc(Br)c1)C(=O)CN(c1ccc(F)cc1)S(=O)(=O)c1ccccc1. The predicted molar refractivity (Wildman–Crippen MR) is 149 cm³/mol. The molecule has 3 aromatic rings. The van der Waals surface area contributed by atoms with Gasteiger partial charge in [-0.3, -0.25) is 13.9 Å². The van der Waals surface area contributed by atoms with Gasteiger partial charge in [-0.05, 0) is 74.4 Å². The van der Waals surface area contributed by atoms with Gasteiger partial charge in [-0.15, -0.1) is 0 Å². The first kappa shape index (κ1) is 29.3. The molecule has 0 aliphatic rings. The second kappa shape index (κ2) is 13.0. The van der Waals surface area contributed by atoms with E-state index in [0.717, 1.165) is 26.5 Å². The van der Waals surface area contributed by atoms with Gasteiger partial charge in [-0.1, -0.05) is 53.2 Å². The number of hydrogen-bond acceptors (Lipinski definition) is 4. The van der Waals surface area contributed by atoms with Gasteiger partial charge in [0.15, 0.2) is 0 Å². The maximum absolute atomic E-state index is 13.8. The van der Waals surface area contributed by atoms with Crippen LogP contribution in [-0.4, -0.2) is 43.8 Å². The number of sulfonamides is 1. The number of carbonyl (C=O) groups is 2. The van der Waals surface area contributed by atoms with Crippen molar-refractivity contribution in [3.8, 4) is 0 Å². The van der Waals surface area contributed by atoms with E-state index in [-0.39, 0.29) is 29.1 Å². The first-order chi connectivity index (χ1) is 18.0. The van der Waals surface area contributed by atoms with E-state index in [1.54, 1.807) is 25.1 Å². The summed E-state index contributed by atoms with van der Waals surface area (Å²) in [5.41, 5.74) is 0.887. The summed E-state index contributed by atoms with van der Waals surface area (Å²) < 4.78 is 42.7. The van der Waals surface area contributed by atoms with Crippen molar-refractivity contribution in [2.75, 3.05) is 10.8 Å². The summed E-state index contributed by atoms with van der Waals surface area (Å²) >= 11 is 3.42. The summed E-state index contributed by atoms with van der Waals surface area (Å²) in [5, 5.41) is 2.89. The summed E-state index contributed by atoms with van der Waals surface area (Å²) in [6, 6.07) is 18.9. The van der Waals surface area contributed by atoms with Gasteiger partial charge in [-0.2, -0.15) is 0 Å². The third-order valence-electron chi connectivity index (χ3n) is 6.13. The molecule has 202 valence electrons. The largest absolute Gasteiger partial charge is 0.352 e. The van der Waals surface area contributed by atoms with E-state index in [4.69, 9.17) is 0 Å². The molecule has 2 amide bonds. The number of nitrogens with one attached hydrogen (secondary N) is 1. The van der Waals surface area contributed by atoms with E-state index in [0.29, 0.717) is 6.42 Å². The van der Waals surface area contributed by atoms with Gasteiger partial charge in [0.2, 0.25) is 11.8 Å². The van der Waals surface area contributed by atoms with Crippen molar-refractivity contribution in [2.24, 2.45) is 0 Å². The Morgan fingerprint density at radius 2 is 1.63 bits per heavy atom. The van der Waals surface area contributed by atoms with Gasteiger partial charge in [0.25, 0.3) is 10.0 Å². The maximum Gasteiger partial charge on any atom is 0.264 e. The number of hydrogen-bond donors (Lipinski definition) is 1. The lowest BCUT2D eigenvalue weighted by molar-refractivity contribution is -0.139. The Kier molecular flexibility index (Phi) is 10.0. The lowest BCUT2D eigenvalue weighted by Crippen LogP contribution is -2.52. The summed E-state index contributed by atoms with van der Waals surface area (Å²) in [6.45, 7) is 4.91. The van der Waals surface area contributed by atoms with Crippen molar-refractivity contribution in [3.05, 3.63) is 94.7 Å². The zero-order valence-electron chi connectivity index (χ0n) is 21.5. The average Bonchev–Trinajstić information content (AvgIpc) is 2.90. The Bertz CT molecular complexity index is 1350. The smallest absolute Gasteiger partial charge is 0.264 e. The van der Waals surface area contributed by atoms with E-state index in [1.165, 1.54) is 29.2 Å². The Hall–Kier alpha value is -3.24. The van der Waals surface area contributed by atoms with E-state index >= 15 is 0 Å². The van der Waals surface area contributed by atoms with Crippen LogP contribution in [0, 0.1) is 5.82 Å². The van der Waals surface area contributed by atoms with Crippen molar-refractivity contribution < 1.29 is 22.4 Å². The normalized spacial score (nSPS) is 12.9. The molecule has 38 heavy (non-hydrogen) atoms. The van der Waals surface area contributed by atoms with E-state index < -0.39 is 34.3 Å². The molecule has 10 heteroatoms. The van der Waals surface area contributed by atoms with Crippen LogP contribution in [0.25, 0.3) is 0 Å². The second-order valence-electron chi connectivity index (χ2n) is 8.95. The zero-order chi connectivity index (χ0) is 27.9. The molecule has 7 nitrogen and oxygen atoms in total. The molecular formula is C28H31BrFN3O4S. The summed E-state index contributed by atoms with van der Waals surface area (Å²) in [7, 11) is -4.19. The Morgan fingerprint density at radius 3 is 2.24 bits per heavy atom. The number of nitrogens with zero attached hydrogens (tertiary/aromatic N) is 2. The highest BCUT2D eigenvalue weighted by Gasteiger charge is 2.32. The van der Waals surface area contributed by atoms with Crippen molar-refractivity contribution in [3.63, 3.8) is 0 Å². The number of amides is 2. The minimum absolute atomic E-state index is 0.0155. The standard InChI is InChI=1S/C28H31BrFN3O4S/c1-4-20(2)31-28(35)21(3)32(18-22-9-8-10-23(29)17-22)27(34)19-33(25-15-13-24(30)14-16-25)38(36,37)26-11-6-5-7-12-26/h5-17,20-21H,4,18-19H2,1-3H3,(H,31,35)/t20-,21+/m0/s1. The van der Waals surface area contributed by atoms with Gasteiger partial charge in [0, 0.05) is 17.1 Å². The molecule has 0 aromatic heterocycles. The number of benzene rings is 3. The van der Waals surface area contributed by atoms with Gasteiger partial charge in [0.1, 0.15) is 18.4 Å². The fourth-order valence-corrected chi connectivity index (χ4v) is 5.62. The van der Waals surface area contributed by atoms with Crippen LogP contribution in [0.15, 0.2) is 88.2 Å². The van der Waals surface area contributed by atoms with Crippen LogP contribution in [0.1, 0.15) is 32.8 Å². The van der Waals surface area contributed by atoms with Crippen molar-refractivity contribution in [1.82, 2.24) is 10.2 Å². The van der Waals surface area contributed by atoms with Crippen LogP contribution >= 0.6 is 15.9 Å². The second-order valence-corrected chi connectivity index (χ2v) is 11.7. The molecule has 0 radical (unpaired) electrons. The van der Waals surface area contributed by atoms with Gasteiger partial charge in [-0.25, -0.2) is 12.8 Å². The Morgan fingerprint density at radius 1 is 0.974 bits per heavy atom. The Balaban J connectivity index is 2.01. The molecule has 0 spiro atoms. The molecule has 0 aliphatic heterocycles. The van der Waals surface area contributed by atoms with E-state index in [9.17, 15) is 22.4 Å². The lowest BCUT2D eigenvalue weighted by atomic mass is 10.1. The average molecular weight is 605 g/mol. The Labute approximate surface area is 231 Å². The monoisotopic (exact) mass is 603 g/mol. The highest BCUT2D eigenvalue weighted by Crippen LogP contribution is 2.25. The molecule has 0 fully saturated rings. The van der Waals surface area contributed by atoms with Gasteiger partial charge >= 0.3 is 0 Å².